The third-order valence-electron chi connectivity index (χ3n) is 5.62. The predicted octanol–water partition coefficient (Wildman–Crippen LogP) is 2.67. The Morgan fingerprint density at radius 3 is 2.66 bits per heavy atom. The second kappa shape index (κ2) is 8.91. The SMILES string of the molecule is CC(C)[C@@H]1C[C@H](C(F)(F)F)n2nc(C(=O)N[C@@H](C)CCN3CCOCC3)cc2N1. The summed E-state index contributed by atoms with van der Waals surface area (Å²) in [4.78, 5) is 14.8. The first kappa shape index (κ1) is 21.9. The third-order valence-corrected chi connectivity index (χ3v) is 5.62. The molecule has 3 atom stereocenters. The zero-order valence-corrected chi connectivity index (χ0v) is 17.1. The fourth-order valence-corrected chi connectivity index (χ4v) is 3.72. The van der Waals surface area contributed by atoms with Gasteiger partial charge in [0, 0.05) is 37.8 Å². The van der Waals surface area contributed by atoms with E-state index in [4.69, 9.17) is 4.74 Å². The van der Waals surface area contributed by atoms with Crippen LogP contribution in [0, 0.1) is 5.92 Å². The van der Waals surface area contributed by atoms with Gasteiger partial charge in [0.05, 0.1) is 13.2 Å². The summed E-state index contributed by atoms with van der Waals surface area (Å²) < 4.78 is 46.9. The minimum atomic E-state index is -4.42. The quantitative estimate of drug-likeness (QED) is 0.745. The van der Waals surface area contributed by atoms with Gasteiger partial charge in [-0.25, -0.2) is 4.68 Å². The smallest absolute Gasteiger partial charge is 0.379 e. The van der Waals surface area contributed by atoms with Crippen LogP contribution in [0.3, 0.4) is 0 Å². The summed E-state index contributed by atoms with van der Waals surface area (Å²) in [7, 11) is 0. The zero-order valence-electron chi connectivity index (χ0n) is 17.1. The molecule has 0 saturated carbocycles. The number of alkyl halides is 3. The number of amides is 1. The Balaban J connectivity index is 1.64. The minimum Gasteiger partial charge on any atom is -0.379 e. The lowest BCUT2D eigenvalue weighted by Gasteiger charge is -2.35. The van der Waals surface area contributed by atoms with Crippen LogP contribution < -0.4 is 10.6 Å². The highest BCUT2D eigenvalue weighted by Gasteiger charge is 2.47. The topological polar surface area (TPSA) is 71.4 Å². The highest BCUT2D eigenvalue weighted by atomic mass is 19.4. The molecular formula is C19H30F3N5O2. The van der Waals surface area contributed by atoms with E-state index in [2.05, 4.69) is 20.6 Å². The fraction of sp³-hybridized carbons (Fsp3) is 0.789. The molecule has 0 bridgehead atoms. The van der Waals surface area contributed by atoms with E-state index in [1.165, 1.54) is 6.07 Å². The monoisotopic (exact) mass is 417 g/mol. The zero-order chi connectivity index (χ0) is 21.2. The van der Waals surface area contributed by atoms with Gasteiger partial charge in [-0.3, -0.25) is 9.69 Å². The van der Waals surface area contributed by atoms with E-state index in [0.717, 1.165) is 30.7 Å². The maximum Gasteiger partial charge on any atom is 0.410 e. The number of aromatic nitrogens is 2. The highest BCUT2D eigenvalue weighted by molar-refractivity contribution is 5.93. The van der Waals surface area contributed by atoms with Crippen LogP contribution >= 0.6 is 0 Å². The van der Waals surface area contributed by atoms with E-state index in [0.29, 0.717) is 13.2 Å². The van der Waals surface area contributed by atoms with Crippen LogP contribution in [0.1, 0.15) is 50.1 Å². The molecule has 2 aliphatic heterocycles. The van der Waals surface area contributed by atoms with Crippen molar-refractivity contribution in [2.45, 2.75) is 57.9 Å². The number of anilines is 1. The van der Waals surface area contributed by atoms with Crippen molar-refractivity contribution in [3.05, 3.63) is 11.8 Å². The molecule has 1 aromatic heterocycles. The number of halogens is 3. The van der Waals surface area contributed by atoms with Crippen LogP contribution in [0.2, 0.25) is 0 Å². The molecule has 0 aromatic carbocycles. The number of nitrogens with one attached hydrogen (secondary N) is 2. The number of rotatable bonds is 6. The molecule has 2 aliphatic rings. The van der Waals surface area contributed by atoms with Crippen molar-refractivity contribution in [3.8, 4) is 0 Å². The Morgan fingerprint density at radius 1 is 1.34 bits per heavy atom. The molecule has 29 heavy (non-hydrogen) atoms. The first-order valence-electron chi connectivity index (χ1n) is 10.2. The lowest BCUT2D eigenvalue weighted by molar-refractivity contribution is -0.174. The Kier molecular flexibility index (Phi) is 6.72. The fourth-order valence-electron chi connectivity index (χ4n) is 3.72. The van der Waals surface area contributed by atoms with Crippen molar-refractivity contribution >= 4 is 11.7 Å². The maximum atomic E-state index is 13.6. The van der Waals surface area contributed by atoms with Gasteiger partial charge in [-0.2, -0.15) is 18.3 Å². The minimum absolute atomic E-state index is 0.00405. The second-order valence-electron chi connectivity index (χ2n) is 8.26. The van der Waals surface area contributed by atoms with Crippen LogP contribution in [0.15, 0.2) is 6.07 Å². The van der Waals surface area contributed by atoms with E-state index < -0.39 is 18.1 Å². The van der Waals surface area contributed by atoms with Gasteiger partial charge >= 0.3 is 6.18 Å². The summed E-state index contributed by atoms with van der Waals surface area (Å²) in [6.45, 7) is 9.64. The van der Waals surface area contributed by atoms with Gasteiger partial charge in [0.25, 0.3) is 5.91 Å². The molecule has 1 saturated heterocycles. The summed E-state index contributed by atoms with van der Waals surface area (Å²) in [6.07, 6.45) is -3.78. The first-order valence-corrected chi connectivity index (χ1v) is 10.2. The number of ether oxygens (including phenoxy) is 1. The molecule has 164 valence electrons. The molecule has 0 unspecified atom stereocenters. The van der Waals surface area contributed by atoms with E-state index in [-0.39, 0.29) is 35.9 Å². The van der Waals surface area contributed by atoms with Crippen molar-refractivity contribution in [1.29, 1.82) is 0 Å². The molecule has 0 spiro atoms. The van der Waals surface area contributed by atoms with Gasteiger partial charge in [-0.05, 0) is 25.7 Å². The Morgan fingerprint density at radius 2 is 2.03 bits per heavy atom. The second-order valence-corrected chi connectivity index (χ2v) is 8.26. The van der Waals surface area contributed by atoms with Crippen LogP contribution in [0.25, 0.3) is 0 Å². The molecule has 10 heteroatoms. The summed E-state index contributed by atoms with van der Waals surface area (Å²) in [6, 6.07) is -0.753. The van der Waals surface area contributed by atoms with Crippen LogP contribution in [0.5, 0.6) is 0 Å². The van der Waals surface area contributed by atoms with E-state index in [9.17, 15) is 18.0 Å². The lowest BCUT2D eigenvalue weighted by Crippen LogP contribution is -2.41. The molecule has 0 radical (unpaired) electrons. The normalized spacial score (nSPS) is 24.1. The summed E-state index contributed by atoms with van der Waals surface area (Å²) in [5.74, 6) is -0.186. The number of carbonyl (C=O) groups excluding carboxylic acids is 1. The third kappa shape index (κ3) is 5.42. The van der Waals surface area contributed by atoms with Crippen molar-refractivity contribution in [3.63, 3.8) is 0 Å². The molecule has 3 heterocycles. The molecule has 1 amide bonds. The van der Waals surface area contributed by atoms with Crippen LogP contribution in [0.4, 0.5) is 19.0 Å². The average Bonchev–Trinajstić information content (AvgIpc) is 3.09. The van der Waals surface area contributed by atoms with Crippen LogP contribution in [-0.4, -0.2) is 71.7 Å². The summed E-state index contributed by atoms with van der Waals surface area (Å²) >= 11 is 0. The van der Waals surface area contributed by atoms with Gasteiger partial charge in [0.1, 0.15) is 5.82 Å². The standard InChI is InChI=1S/C19H30F3N5O2/c1-12(2)14-10-16(19(20,21)22)27-17(24-14)11-15(25-27)18(28)23-13(3)4-5-26-6-8-29-9-7-26/h11-14,16,24H,4-10H2,1-3H3,(H,23,28)/t13-,14-,16+/m0/s1. The Labute approximate surface area is 168 Å². The van der Waals surface area contributed by atoms with Gasteiger partial charge in [-0.1, -0.05) is 13.8 Å². The Bertz CT molecular complexity index is 701. The van der Waals surface area contributed by atoms with E-state index in [1.807, 2.05) is 20.8 Å². The molecule has 3 rings (SSSR count). The number of fused-ring (bicyclic) bond motifs is 1. The van der Waals surface area contributed by atoms with E-state index >= 15 is 0 Å². The Hall–Kier alpha value is -1.81. The first-order chi connectivity index (χ1) is 13.6. The lowest BCUT2D eigenvalue weighted by atomic mass is 9.94. The number of hydrogen-bond acceptors (Lipinski definition) is 5. The molecule has 0 aliphatic carbocycles. The number of hydrogen-bond donors (Lipinski definition) is 2. The van der Waals surface area contributed by atoms with Gasteiger partial charge < -0.3 is 15.4 Å². The number of nitrogens with zero attached hydrogens (tertiary/aromatic N) is 3. The van der Waals surface area contributed by atoms with Crippen molar-refractivity contribution in [2.75, 3.05) is 38.2 Å². The average molecular weight is 417 g/mol. The van der Waals surface area contributed by atoms with E-state index in [1.54, 1.807) is 0 Å². The van der Waals surface area contributed by atoms with Crippen molar-refractivity contribution < 1.29 is 22.7 Å². The number of morpholine rings is 1. The largest absolute Gasteiger partial charge is 0.410 e. The molecular weight excluding hydrogens is 387 g/mol. The molecule has 1 aromatic rings. The van der Waals surface area contributed by atoms with Crippen molar-refractivity contribution in [1.82, 2.24) is 20.0 Å². The van der Waals surface area contributed by atoms with Gasteiger partial charge in [0.2, 0.25) is 0 Å². The number of carbonyl (C=O) groups is 1. The van der Waals surface area contributed by atoms with Gasteiger partial charge in [0.15, 0.2) is 11.7 Å². The highest BCUT2D eigenvalue weighted by Crippen LogP contribution is 2.40. The predicted molar refractivity (Wildman–Crippen MR) is 103 cm³/mol. The molecule has 2 N–H and O–H groups in total. The summed E-state index contributed by atoms with van der Waals surface area (Å²) in [5.41, 5.74) is 0.00405. The molecule has 1 fully saturated rings. The van der Waals surface area contributed by atoms with Crippen molar-refractivity contribution in [2.24, 2.45) is 5.92 Å². The summed E-state index contributed by atoms with van der Waals surface area (Å²) in [5, 5.41) is 9.94. The van der Waals surface area contributed by atoms with Gasteiger partial charge in [-0.15, -0.1) is 0 Å². The van der Waals surface area contributed by atoms with Crippen LogP contribution in [-0.2, 0) is 4.74 Å². The molecule has 7 nitrogen and oxygen atoms in total. The maximum absolute atomic E-state index is 13.6.